The van der Waals surface area contributed by atoms with Gasteiger partial charge in [-0.25, -0.2) is 9.18 Å². The van der Waals surface area contributed by atoms with E-state index in [2.05, 4.69) is 11.0 Å². The van der Waals surface area contributed by atoms with Crippen molar-refractivity contribution in [2.24, 2.45) is 5.92 Å². The van der Waals surface area contributed by atoms with Crippen molar-refractivity contribution in [2.75, 3.05) is 19.6 Å². The number of rotatable bonds is 5. The zero-order chi connectivity index (χ0) is 21.8. The molecule has 7 heteroatoms. The molecule has 0 spiro atoms. The van der Waals surface area contributed by atoms with Crippen LogP contribution >= 0.6 is 11.3 Å². The molecule has 1 aliphatic carbocycles. The molecule has 2 saturated heterocycles. The van der Waals surface area contributed by atoms with E-state index < -0.39 is 12.5 Å². The summed E-state index contributed by atoms with van der Waals surface area (Å²) in [6.07, 6.45) is 7.83. The zero-order valence-electron chi connectivity index (χ0n) is 18.6. The molecular weight excluding hydrogens is 415 g/mol. The molecule has 31 heavy (non-hydrogen) atoms. The minimum atomic E-state index is -1.51. The first-order chi connectivity index (χ1) is 15.1. The van der Waals surface area contributed by atoms with E-state index >= 15 is 0 Å². The van der Waals surface area contributed by atoms with Gasteiger partial charge in [0, 0.05) is 42.4 Å². The van der Waals surface area contributed by atoms with Gasteiger partial charge in [-0.1, -0.05) is 19.8 Å². The van der Waals surface area contributed by atoms with Crippen LogP contribution in [-0.4, -0.2) is 53.8 Å². The Bertz CT molecular complexity index is 760. The van der Waals surface area contributed by atoms with Crippen molar-refractivity contribution in [1.29, 1.82) is 0 Å². The fourth-order valence-corrected chi connectivity index (χ4v) is 6.59. The number of ether oxygens (including phenoxy) is 1. The van der Waals surface area contributed by atoms with Crippen LogP contribution in [0.3, 0.4) is 0 Å². The van der Waals surface area contributed by atoms with Gasteiger partial charge in [-0.15, -0.1) is 11.3 Å². The third-order valence-corrected chi connectivity index (χ3v) is 8.37. The van der Waals surface area contributed by atoms with Crippen LogP contribution in [0, 0.1) is 5.92 Å². The largest absolute Gasteiger partial charge is 0.415 e. The standard InChI is InChI=1S/C24H35FN2O3S/c1-2-6-22(25)30-24(29)26-13-10-18(11-14-26)21-15-19(16-31-21)23(28)27-12-5-8-17-7-3-4-9-20(17)27/h15-18,20,22H,2-14H2,1H3. The number of carbonyl (C=O) groups excluding carboxylic acids is 2. The number of carbonyl (C=O) groups is 2. The molecule has 3 aliphatic rings. The average molecular weight is 451 g/mol. The summed E-state index contributed by atoms with van der Waals surface area (Å²) in [6, 6.07) is 2.51. The molecule has 0 aromatic carbocycles. The molecule has 0 bridgehead atoms. The minimum Gasteiger partial charge on any atom is -0.415 e. The molecule has 0 radical (unpaired) electrons. The predicted molar refractivity (Wildman–Crippen MR) is 120 cm³/mol. The third-order valence-electron chi connectivity index (χ3n) is 7.27. The molecule has 1 saturated carbocycles. The maximum Gasteiger partial charge on any atom is 0.412 e. The van der Waals surface area contributed by atoms with Crippen LogP contribution in [0.5, 0.6) is 0 Å². The molecule has 3 heterocycles. The Hall–Kier alpha value is -1.63. The maximum absolute atomic E-state index is 13.6. The Kier molecular flexibility index (Phi) is 7.51. The number of amides is 2. The van der Waals surface area contributed by atoms with Crippen LogP contribution in [-0.2, 0) is 4.74 Å². The van der Waals surface area contributed by atoms with Gasteiger partial charge in [-0.2, -0.15) is 0 Å². The molecular formula is C24H35FN2O3S. The first kappa shape index (κ1) is 22.6. The topological polar surface area (TPSA) is 49.9 Å². The SMILES string of the molecule is CCCC(F)OC(=O)N1CCC(c2cc(C(=O)N3CCCC4CCCCC43)cs2)CC1. The fourth-order valence-electron chi connectivity index (χ4n) is 5.54. The Morgan fingerprint density at radius 1 is 1.13 bits per heavy atom. The molecule has 172 valence electrons. The maximum atomic E-state index is 13.6. The van der Waals surface area contributed by atoms with E-state index in [1.807, 2.05) is 12.3 Å². The summed E-state index contributed by atoms with van der Waals surface area (Å²) in [4.78, 5) is 30.4. The number of piperidine rings is 2. The van der Waals surface area contributed by atoms with Gasteiger partial charge in [0.2, 0.25) is 6.36 Å². The molecule has 2 amide bonds. The molecule has 2 aliphatic heterocycles. The summed E-state index contributed by atoms with van der Waals surface area (Å²) in [5, 5.41) is 2.02. The smallest absolute Gasteiger partial charge is 0.412 e. The van der Waals surface area contributed by atoms with Gasteiger partial charge in [0.15, 0.2) is 0 Å². The van der Waals surface area contributed by atoms with E-state index in [0.29, 0.717) is 37.4 Å². The highest BCUT2D eigenvalue weighted by molar-refractivity contribution is 7.10. The highest BCUT2D eigenvalue weighted by Gasteiger charge is 2.36. The van der Waals surface area contributed by atoms with Gasteiger partial charge in [-0.3, -0.25) is 4.79 Å². The highest BCUT2D eigenvalue weighted by Crippen LogP contribution is 2.37. The van der Waals surface area contributed by atoms with E-state index in [9.17, 15) is 14.0 Å². The quantitative estimate of drug-likeness (QED) is 0.557. The number of likely N-dealkylation sites (tertiary alicyclic amines) is 2. The molecule has 0 N–H and O–H groups in total. The average Bonchev–Trinajstić information content (AvgIpc) is 3.29. The third kappa shape index (κ3) is 5.24. The zero-order valence-corrected chi connectivity index (χ0v) is 19.4. The van der Waals surface area contributed by atoms with Crippen LogP contribution in [0.2, 0.25) is 0 Å². The van der Waals surface area contributed by atoms with Crippen LogP contribution in [0.1, 0.15) is 92.3 Å². The van der Waals surface area contributed by atoms with E-state index in [4.69, 9.17) is 4.74 Å². The van der Waals surface area contributed by atoms with Crippen LogP contribution < -0.4 is 0 Å². The molecule has 1 aromatic heterocycles. The first-order valence-corrected chi connectivity index (χ1v) is 12.9. The normalized spacial score (nSPS) is 25.7. The number of hydrogen-bond acceptors (Lipinski definition) is 4. The van der Waals surface area contributed by atoms with Crippen LogP contribution in [0.4, 0.5) is 9.18 Å². The van der Waals surface area contributed by atoms with Crippen LogP contribution in [0.15, 0.2) is 11.4 Å². The monoisotopic (exact) mass is 450 g/mol. The van der Waals surface area contributed by atoms with E-state index in [0.717, 1.165) is 37.8 Å². The van der Waals surface area contributed by atoms with E-state index in [1.165, 1.54) is 30.6 Å². The van der Waals surface area contributed by atoms with Gasteiger partial charge < -0.3 is 14.5 Å². The van der Waals surface area contributed by atoms with Gasteiger partial charge in [-0.05, 0) is 62.8 Å². The van der Waals surface area contributed by atoms with Crippen molar-refractivity contribution in [2.45, 2.75) is 89.4 Å². The summed E-state index contributed by atoms with van der Waals surface area (Å²) < 4.78 is 18.5. The number of alkyl halides is 1. The molecule has 3 atom stereocenters. The van der Waals surface area contributed by atoms with Crippen molar-refractivity contribution < 1.29 is 18.7 Å². The van der Waals surface area contributed by atoms with E-state index in [1.54, 1.807) is 16.2 Å². The van der Waals surface area contributed by atoms with E-state index in [-0.39, 0.29) is 12.3 Å². The van der Waals surface area contributed by atoms with Gasteiger partial charge in [0.05, 0.1) is 5.56 Å². The second-order valence-corrected chi connectivity index (χ2v) is 10.3. The lowest BCUT2D eigenvalue weighted by Crippen LogP contribution is -2.49. The van der Waals surface area contributed by atoms with Crippen molar-refractivity contribution in [3.8, 4) is 0 Å². The second-order valence-electron chi connectivity index (χ2n) is 9.33. The Morgan fingerprint density at radius 3 is 2.65 bits per heavy atom. The lowest BCUT2D eigenvalue weighted by atomic mass is 9.78. The number of hydrogen-bond donors (Lipinski definition) is 0. The molecule has 3 unspecified atom stereocenters. The summed E-state index contributed by atoms with van der Waals surface area (Å²) in [5.41, 5.74) is 0.827. The van der Waals surface area contributed by atoms with Crippen molar-refractivity contribution in [3.63, 3.8) is 0 Å². The Labute approximate surface area is 188 Å². The second kappa shape index (κ2) is 10.3. The molecule has 5 nitrogen and oxygen atoms in total. The highest BCUT2D eigenvalue weighted by atomic mass is 32.1. The van der Waals surface area contributed by atoms with Crippen molar-refractivity contribution in [3.05, 3.63) is 21.9 Å². The van der Waals surface area contributed by atoms with Gasteiger partial charge >= 0.3 is 6.09 Å². The van der Waals surface area contributed by atoms with Gasteiger partial charge in [0.25, 0.3) is 5.91 Å². The van der Waals surface area contributed by atoms with Crippen LogP contribution in [0.25, 0.3) is 0 Å². The minimum absolute atomic E-state index is 0.199. The summed E-state index contributed by atoms with van der Waals surface area (Å²) in [5.74, 6) is 1.23. The molecule has 4 rings (SSSR count). The Balaban J connectivity index is 1.32. The van der Waals surface area contributed by atoms with Crippen molar-refractivity contribution >= 4 is 23.3 Å². The number of nitrogens with zero attached hydrogens (tertiary/aromatic N) is 2. The summed E-state index contributed by atoms with van der Waals surface area (Å²) in [6.45, 7) is 3.89. The summed E-state index contributed by atoms with van der Waals surface area (Å²) in [7, 11) is 0. The summed E-state index contributed by atoms with van der Waals surface area (Å²) >= 11 is 1.66. The lowest BCUT2D eigenvalue weighted by molar-refractivity contribution is -0.0138. The molecule has 3 fully saturated rings. The fraction of sp³-hybridized carbons (Fsp3) is 0.750. The van der Waals surface area contributed by atoms with Gasteiger partial charge in [0.1, 0.15) is 0 Å². The first-order valence-electron chi connectivity index (χ1n) is 12.1. The van der Waals surface area contributed by atoms with Crippen molar-refractivity contribution in [1.82, 2.24) is 9.80 Å². The number of fused-ring (bicyclic) bond motifs is 1. The Morgan fingerprint density at radius 2 is 1.87 bits per heavy atom. The predicted octanol–water partition coefficient (Wildman–Crippen LogP) is 5.95. The lowest BCUT2D eigenvalue weighted by Gasteiger charge is -2.44. The number of thiophene rings is 1. The molecule has 1 aromatic rings. The number of halogens is 1.